The van der Waals surface area contributed by atoms with Crippen LogP contribution in [0.4, 0.5) is 5.95 Å². The van der Waals surface area contributed by atoms with E-state index in [0.717, 1.165) is 36.2 Å². The molecule has 2 heterocycles. The summed E-state index contributed by atoms with van der Waals surface area (Å²) in [5, 5.41) is 0. The molecule has 1 fully saturated rings. The van der Waals surface area contributed by atoms with Crippen molar-refractivity contribution in [1.82, 2.24) is 9.97 Å². The number of piperidine rings is 1. The molecule has 1 aromatic heterocycles. The largest absolute Gasteiger partial charge is 0.341 e. The molecule has 2 N–H and O–H groups in total. The van der Waals surface area contributed by atoms with Gasteiger partial charge in [-0.25, -0.2) is 9.97 Å². The topological polar surface area (TPSA) is 55.0 Å². The van der Waals surface area contributed by atoms with Gasteiger partial charge < -0.3 is 10.6 Å². The molecule has 0 aromatic carbocycles. The second-order valence-electron chi connectivity index (χ2n) is 4.85. The van der Waals surface area contributed by atoms with Gasteiger partial charge in [-0.2, -0.15) is 0 Å². The maximum absolute atomic E-state index is 5.63. The average molecular weight is 234 g/mol. The minimum absolute atomic E-state index is 0.518. The fourth-order valence-electron chi connectivity index (χ4n) is 2.41. The molecule has 1 atom stereocenters. The molecule has 2 rings (SSSR count). The first-order valence-electron chi connectivity index (χ1n) is 6.52. The van der Waals surface area contributed by atoms with Crippen molar-refractivity contribution in [3.05, 3.63) is 17.5 Å². The second-order valence-corrected chi connectivity index (χ2v) is 4.85. The van der Waals surface area contributed by atoms with Crippen molar-refractivity contribution in [2.24, 2.45) is 11.7 Å². The molecule has 94 valence electrons. The molecular weight excluding hydrogens is 212 g/mol. The first kappa shape index (κ1) is 12.3. The van der Waals surface area contributed by atoms with Gasteiger partial charge in [0.25, 0.3) is 0 Å². The summed E-state index contributed by atoms with van der Waals surface area (Å²) in [6.07, 6.45) is 5.70. The zero-order valence-electron chi connectivity index (χ0n) is 10.8. The molecule has 0 aliphatic carbocycles. The molecule has 1 aromatic rings. The molecule has 0 saturated carbocycles. The summed E-state index contributed by atoms with van der Waals surface area (Å²) in [7, 11) is 0. The number of nitrogens with two attached hydrogens (primary N) is 1. The Hall–Kier alpha value is -1.16. The molecule has 1 saturated heterocycles. The molecule has 17 heavy (non-hydrogen) atoms. The Labute approximate surface area is 103 Å². The number of aromatic nitrogens is 2. The van der Waals surface area contributed by atoms with Crippen LogP contribution in [0.5, 0.6) is 0 Å². The van der Waals surface area contributed by atoms with E-state index in [1.165, 1.54) is 19.3 Å². The third-order valence-corrected chi connectivity index (χ3v) is 3.67. The summed E-state index contributed by atoms with van der Waals surface area (Å²) in [6, 6.07) is 0. The van der Waals surface area contributed by atoms with Gasteiger partial charge in [0.2, 0.25) is 5.95 Å². The van der Waals surface area contributed by atoms with Gasteiger partial charge in [0, 0.05) is 37.1 Å². The van der Waals surface area contributed by atoms with Crippen LogP contribution in [0.2, 0.25) is 0 Å². The van der Waals surface area contributed by atoms with Crippen molar-refractivity contribution < 1.29 is 0 Å². The average Bonchev–Trinajstić information content (AvgIpc) is 2.38. The van der Waals surface area contributed by atoms with Crippen LogP contribution in [0.3, 0.4) is 0 Å². The second kappa shape index (κ2) is 5.45. The molecule has 0 spiro atoms. The molecule has 0 radical (unpaired) electrons. The van der Waals surface area contributed by atoms with Crippen LogP contribution >= 0.6 is 0 Å². The number of anilines is 1. The van der Waals surface area contributed by atoms with E-state index in [4.69, 9.17) is 5.73 Å². The highest BCUT2D eigenvalue weighted by Crippen LogP contribution is 2.22. The van der Waals surface area contributed by atoms with Crippen molar-refractivity contribution in [3.8, 4) is 0 Å². The Bertz CT molecular complexity index is 378. The summed E-state index contributed by atoms with van der Waals surface area (Å²) in [5.41, 5.74) is 7.68. The van der Waals surface area contributed by atoms with Gasteiger partial charge in [-0.05, 0) is 25.7 Å². The molecule has 4 nitrogen and oxygen atoms in total. The van der Waals surface area contributed by atoms with Gasteiger partial charge in [0.15, 0.2) is 0 Å². The Balaban J connectivity index is 2.13. The van der Waals surface area contributed by atoms with Crippen LogP contribution in [0.1, 0.15) is 37.4 Å². The van der Waals surface area contributed by atoms with E-state index in [1.54, 1.807) is 0 Å². The summed E-state index contributed by atoms with van der Waals surface area (Å²) in [5.74, 6) is 1.67. The standard InChI is InChI=1S/C13H22N4/c1-3-11-5-4-6-17(9-11)13-15-8-12(7-14)10(2)16-13/h8,11H,3-7,9,14H2,1-2H3. The van der Waals surface area contributed by atoms with Crippen LogP contribution in [-0.4, -0.2) is 23.1 Å². The Morgan fingerprint density at radius 2 is 2.35 bits per heavy atom. The van der Waals surface area contributed by atoms with E-state index in [2.05, 4.69) is 21.8 Å². The lowest BCUT2D eigenvalue weighted by Crippen LogP contribution is -2.36. The van der Waals surface area contributed by atoms with Gasteiger partial charge in [0.1, 0.15) is 0 Å². The molecular formula is C13H22N4. The van der Waals surface area contributed by atoms with Crippen LogP contribution in [0.15, 0.2) is 6.20 Å². The van der Waals surface area contributed by atoms with Gasteiger partial charge in [-0.3, -0.25) is 0 Å². The molecule has 4 heteroatoms. The number of rotatable bonds is 3. The fourth-order valence-corrected chi connectivity index (χ4v) is 2.41. The minimum Gasteiger partial charge on any atom is -0.341 e. The monoisotopic (exact) mass is 234 g/mol. The molecule has 0 bridgehead atoms. The quantitative estimate of drug-likeness (QED) is 0.867. The number of hydrogen-bond donors (Lipinski definition) is 1. The summed E-state index contributed by atoms with van der Waals surface area (Å²) in [6.45, 7) is 6.96. The third-order valence-electron chi connectivity index (χ3n) is 3.67. The first-order chi connectivity index (χ1) is 8.24. The SMILES string of the molecule is CCC1CCCN(c2ncc(CN)c(C)n2)C1. The maximum atomic E-state index is 5.63. The summed E-state index contributed by atoms with van der Waals surface area (Å²) < 4.78 is 0. The predicted molar refractivity (Wildman–Crippen MR) is 69.9 cm³/mol. The van der Waals surface area contributed by atoms with E-state index in [-0.39, 0.29) is 0 Å². The molecule has 0 amide bonds. The summed E-state index contributed by atoms with van der Waals surface area (Å²) in [4.78, 5) is 11.3. The number of nitrogens with zero attached hydrogens (tertiary/aromatic N) is 3. The van der Waals surface area contributed by atoms with Gasteiger partial charge in [0.05, 0.1) is 0 Å². The molecule has 1 aliphatic rings. The van der Waals surface area contributed by atoms with Crippen LogP contribution < -0.4 is 10.6 Å². The van der Waals surface area contributed by atoms with E-state index in [0.29, 0.717) is 6.54 Å². The van der Waals surface area contributed by atoms with Crippen molar-refractivity contribution in [2.45, 2.75) is 39.7 Å². The lowest BCUT2D eigenvalue weighted by Gasteiger charge is -2.32. The number of hydrogen-bond acceptors (Lipinski definition) is 4. The highest BCUT2D eigenvalue weighted by molar-refractivity contribution is 5.33. The Morgan fingerprint density at radius 1 is 1.53 bits per heavy atom. The zero-order chi connectivity index (χ0) is 12.3. The summed E-state index contributed by atoms with van der Waals surface area (Å²) >= 11 is 0. The van der Waals surface area contributed by atoms with Crippen molar-refractivity contribution >= 4 is 5.95 Å². The smallest absolute Gasteiger partial charge is 0.225 e. The predicted octanol–water partition coefficient (Wildman–Crippen LogP) is 1.87. The Kier molecular flexibility index (Phi) is 3.94. The normalized spacial score (nSPS) is 20.6. The van der Waals surface area contributed by atoms with Crippen molar-refractivity contribution in [3.63, 3.8) is 0 Å². The molecule has 1 unspecified atom stereocenters. The minimum atomic E-state index is 0.518. The first-order valence-corrected chi connectivity index (χ1v) is 6.52. The highest BCUT2D eigenvalue weighted by Gasteiger charge is 2.20. The lowest BCUT2D eigenvalue weighted by molar-refractivity contribution is 0.401. The Morgan fingerprint density at radius 3 is 3.00 bits per heavy atom. The third kappa shape index (κ3) is 2.75. The van der Waals surface area contributed by atoms with Crippen LogP contribution in [0.25, 0.3) is 0 Å². The maximum Gasteiger partial charge on any atom is 0.225 e. The van der Waals surface area contributed by atoms with Crippen molar-refractivity contribution in [2.75, 3.05) is 18.0 Å². The van der Waals surface area contributed by atoms with Crippen LogP contribution in [-0.2, 0) is 6.54 Å². The zero-order valence-corrected chi connectivity index (χ0v) is 10.8. The number of aryl methyl sites for hydroxylation is 1. The van der Waals surface area contributed by atoms with E-state index < -0.39 is 0 Å². The van der Waals surface area contributed by atoms with Crippen LogP contribution in [0, 0.1) is 12.8 Å². The van der Waals surface area contributed by atoms with Gasteiger partial charge in [-0.1, -0.05) is 13.3 Å². The van der Waals surface area contributed by atoms with Gasteiger partial charge >= 0.3 is 0 Å². The van der Waals surface area contributed by atoms with Gasteiger partial charge in [-0.15, -0.1) is 0 Å². The van der Waals surface area contributed by atoms with Crippen molar-refractivity contribution in [1.29, 1.82) is 0 Å². The van der Waals surface area contributed by atoms with E-state index >= 15 is 0 Å². The van der Waals surface area contributed by atoms with E-state index in [1.807, 2.05) is 13.1 Å². The lowest BCUT2D eigenvalue weighted by atomic mass is 9.96. The fraction of sp³-hybridized carbons (Fsp3) is 0.692. The molecule has 1 aliphatic heterocycles. The van der Waals surface area contributed by atoms with E-state index in [9.17, 15) is 0 Å². The highest BCUT2D eigenvalue weighted by atomic mass is 15.3.